The minimum absolute atomic E-state index is 0.0761. The van der Waals surface area contributed by atoms with Crippen molar-refractivity contribution in [2.75, 3.05) is 0 Å². The maximum absolute atomic E-state index is 12.8. The molecule has 6 heteroatoms. The lowest BCUT2D eigenvalue weighted by Gasteiger charge is -2.15. The molecule has 0 saturated heterocycles. The zero-order chi connectivity index (χ0) is 18.1. The second kappa shape index (κ2) is 6.48. The van der Waals surface area contributed by atoms with Crippen molar-refractivity contribution in [2.24, 2.45) is 0 Å². The largest absolute Gasteiger partial charge is 0.358 e. The van der Waals surface area contributed by atoms with E-state index >= 15 is 0 Å². The molecule has 0 bridgehead atoms. The summed E-state index contributed by atoms with van der Waals surface area (Å²) >= 11 is 0. The Morgan fingerprint density at radius 3 is 2.65 bits per heavy atom. The van der Waals surface area contributed by atoms with Gasteiger partial charge in [0.25, 0.3) is 5.91 Å². The molecule has 4 aromatic rings. The van der Waals surface area contributed by atoms with E-state index in [0.717, 1.165) is 27.8 Å². The first-order valence-electron chi connectivity index (χ1n) is 8.46. The summed E-state index contributed by atoms with van der Waals surface area (Å²) in [6, 6.07) is 15.6. The number of carbonyl (C=O) groups is 1. The van der Waals surface area contributed by atoms with Gasteiger partial charge in [0.1, 0.15) is 12.7 Å². The number of benzene rings is 2. The molecule has 130 valence electrons. The Kier molecular flexibility index (Phi) is 4.01. The third-order valence-corrected chi connectivity index (χ3v) is 4.54. The van der Waals surface area contributed by atoms with E-state index in [0.29, 0.717) is 5.56 Å². The van der Waals surface area contributed by atoms with E-state index in [1.807, 2.05) is 62.4 Å². The van der Waals surface area contributed by atoms with Crippen LogP contribution in [0, 0.1) is 6.92 Å². The normalized spacial score (nSPS) is 12.2. The van der Waals surface area contributed by atoms with Gasteiger partial charge in [0, 0.05) is 16.6 Å². The zero-order valence-corrected chi connectivity index (χ0v) is 14.6. The van der Waals surface area contributed by atoms with Crippen LogP contribution in [-0.2, 0) is 0 Å². The second-order valence-electron chi connectivity index (χ2n) is 6.30. The number of aryl methyl sites for hydroxylation is 1. The molecule has 2 aromatic carbocycles. The van der Waals surface area contributed by atoms with E-state index in [1.54, 1.807) is 11.0 Å². The smallest absolute Gasteiger partial charge is 0.254 e. The molecular weight excluding hydrogens is 326 g/mol. The average Bonchev–Trinajstić information content (AvgIpc) is 3.28. The van der Waals surface area contributed by atoms with Gasteiger partial charge in [0.2, 0.25) is 0 Å². The molecule has 0 spiro atoms. The highest BCUT2D eigenvalue weighted by Crippen LogP contribution is 2.23. The Bertz CT molecular complexity index is 1050. The maximum Gasteiger partial charge on any atom is 0.254 e. The van der Waals surface area contributed by atoms with Crippen LogP contribution in [0.4, 0.5) is 0 Å². The molecule has 0 fully saturated rings. The highest BCUT2D eigenvalue weighted by Gasteiger charge is 2.18. The Labute approximate surface area is 150 Å². The van der Waals surface area contributed by atoms with Crippen LogP contribution in [0.2, 0.25) is 0 Å². The highest BCUT2D eigenvalue weighted by atomic mass is 16.1. The summed E-state index contributed by atoms with van der Waals surface area (Å²) in [6.07, 6.45) is 3.15. The molecule has 1 amide bonds. The number of hydrogen-bond acceptors (Lipinski definition) is 3. The standard InChI is InChI=1S/C20H19N5O/c1-13(15-7-9-16(10-8-15)25-12-21-11-22-25)24-20(26)19-14(2)23-18-6-4-3-5-17(18)19/h3-13,23H,1-2H3,(H,24,26)/t13-/m1/s1. The number of aromatic amines is 1. The van der Waals surface area contributed by atoms with Crippen LogP contribution in [0.3, 0.4) is 0 Å². The van der Waals surface area contributed by atoms with Gasteiger partial charge in [-0.1, -0.05) is 30.3 Å². The van der Waals surface area contributed by atoms with E-state index < -0.39 is 0 Å². The van der Waals surface area contributed by atoms with Gasteiger partial charge in [-0.25, -0.2) is 9.67 Å². The van der Waals surface area contributed by atoms with Crippen molar-refractivity contribution < 1.29 is 4.79 Å². The van der Waals surface area contributed by atoms with Crippen LogP contribution < -0.4 is 5.32 Å². The van der Waals surface area contributed by atoms with Gasteiger partial charge in [-0.05, 0) is 37.6 Å². The lowest BCUT2D eigenvalue weighted by atomic mass is 10.1. The number of fused-ring (bicyclic) bond motifs is 1. The molecule has 0 aliphatic heterocycles. The molecule has 0 aliphatic rings. The first kappa shape index (κ1) is 16.1. The molecule has 1 atom stereocenters. The van der Waals surface area contributed by atoms with Crippen LogP contribution in [0.1, 0.15) is 34.6 Å². The van der Waals surface area contributed by atoms with E-state index in [1.165, 1.54) is 6.33 Å². The summed E-state index contributed by atoms with van der Waals surface area (Å²) in [5.74, 6) is -0.0761. The Balaban J connectivity index is 1.55. The van der Waals surface area contributed by atoms with Gasteiger partial charge in [-0.2, -0.15) is 5.10 Å². The van der Waals surface area contributed by atoms with Crippen LogP contribution in [0.5, 0.6) is 0 Å². The minimum atomic E-state index is -0.111. The summed E-state index contributed by atoms with van der Waals surface area (Å²) < 4.78 is 1.70. The Morgan fingerprint density at radius 2 is 1.92 bits per heavy atom. The Morgan fingerprint density at radius 1 is 1.15 bits per heavy atom. The van der Waals surface area contributed by atoms with E-state index in [2.05, 4.69) is 20.4 Å². The SMILES string of the molecule is Cc1[nH]c2ccccc2c1C(=O)N[C@H](C)c1ccc(-n2cncn2)cc1. The lowest BCUT2D eigenvalue weighted by Crippen LogP contribution is -2.27. The quantitative estimate of drug-likeness (QED) is 0.594. The number of aromatic nitrogens is 4. The number of nitrogens with zero attached hydrogens (tertiary/aromatic N) is 3. The predicted octanol–water partition coefficient (Wildman–Crippen LogP) is 3.55. The molecule has 2 heterocycles. The average molecular weight is 345 g/mol. The topological polar surface area (TPSA) is 75.6 Å². The zero-order valence-electron chi connectivity index (χ0n) is 14.6. The molecule has 2 aromatic heterocycles. The summed E-state index contributed by atoms with van der Waals surface area (Å²) in [7, 11) is 0. The van der Waals surface area contributed by atoms with Gasteiger partial charge < -0.3 is 10.3 Å². The fourth-order valence-electron chi connectivity index (χ4n) is 3.18. The first-order chi connectivity index (χ1) is 12.6. The second-order valence-corrected chi connectivity index (χ2v) is 6.30. The number of rotatable bonds is 4. The minimum Gasteiger partial charge on any atom is -0.358 e. The first-order valence-corrected chi connectivity index (χ1v) is 8.46. The summed E-state index contributed by atoms with van der Waals surface area (Å²) in [4.78, 5) is 20.0. The predicted molar refractivity (Wildman–Crippen MR) is 100 cm³/mol. The number of carbonyl (C=O) groups excluding carboxylic acids is 1. The number of hydrogen-bond donors (Lipinski definition) is 2. The van der Waals surface area contributed by atoms with Crippen molar-refractivity contribution in [3.8, 4) is 5.69 Å². The molecular formula is C20H19N5O. The van der Waals surface area contributed by atoms with Crippen LogP contribution in [0.15, 0.2) is 61.2 Å². The Hall–Kier alpha value is -3.41. The number of para-hydroxylation sites is 1. The summed E-state index contributed by atoms with van der Waals surface area (Å²) in [5.41, 5.74) is 4.50. The van der Waals surface area contributed by atoms with Gasteiger partial charge in [-0.3, -0.25) is 4.79 Å². The van der Waals surface area contributed by atoms with Crippen molar-refractivity contribution in [3.63, 3.8) is 0 Å². The number of H-pyrrole nitrogens is 1. The van der Waals surface area contributed by atoms with E-state index in [-0.39, 0.29) is 11.9 Å². The molecule has 2 N–H and O–H groups in total. The van der Waals surface area contributed by atoms with Crippen LogP contribution in [0.25, 0.3) is 16.6 Å². The van der Waals surface area contributed by atoms with Crippen molar-refractivity contribution in [1.29, 1.82) is 0 Å². The van der Waals surface area contributed by atoms with Crippen LogP contribution in [-0.4, -0.2) is 25.7 Å². The van der Waals surface area contributed by atoms with Crippen molar-refractivity contribution in [1.82, 2.24) is 25.1 Å². The molecule has 26 heavy (non-hydrogen) atoms. The number of amides is 1. The van der Waals surface area contributed by atoms with Crippen molar-refractivity contribution >= 4 is 16.8 Å². The van der Waals surface area contributed by atoms with E-state index in [4.69, 9.17) is 0 Å². The molecule has 0 aliphatic carbocycles. The fraction of sp³-hybridized carbons (Fsp3) is 0.150. The lowest BCUT2D eigenvalue weighted by molar-refractivity contribution is 0.0941. The highest BCUT2D eigenvalue weighted by molar-refractivity contribution is 6.08. The summed E-state index contributed by atoms with van der Waals surface area (Å²) in [5, 5.41) is 8.15. The van der Waals surface area contributed by atoms with Crippen LogP contribution >= 0.6 is 0 Å². The monoisotopic (exact) mass is 345 g/mol. The maximum atomic E-state index is 12.8. The molecule has 4 rings (SSSR count). The fourth-order valence-corrected chi connectivity index (χ4v) is 3.18. The van der Waals surface area contributed by atoms with Gasteiger partial charge in [0.15, 0.2) is 0 Å². The van der Waals surface area contributed by atoms with Gasteiger partial charge in [-0.15, -0.1) is 0 Å². The molecule has 0 unspecified atom stereocenters. The van der Waals surface area contributed by atoms with Crippen molar-refractivity contribution in [2.45, 2.75) is 19.9 Å². The number of nitrogens with one attached hydrogen (secondary N) is 2. The molecule has 6 nitrogen and oxygen atoms in total. The third kappa shape index (κ3) is 2.86. The molecule has 0 saturated carbocycles. The van der Waals surface area contributed by atoms with E-state index in [9.17, 15) is 4.79 Å². The molecule has 0 radical (unpaired) electrons. The summed E-state index contributed by atoms with van der Waals surface area (Å²) in [6.45, 7) is 3.90. The van der Waals surface area contributed by atoms with Crippen molar-refractivity contribution in [3.05, 3.63) is 78.0 Å². The third-order valence-electron chi connectivity index (χ3n) is 4.54. The van der Waals surface area contributed by atoms with Gasteiger partial charge in [0.05, 0.1) is 17.3 Å². The van der Waals surface area contributed by atoms with Gasteiger partial charge >= 0.3 is 0 Å².